The van der Waals surface area contributed by atoms with Crippen molar-refractivity contribution in [1.29, 1.82) is 0 Å². The summed E-state index contributed by atoms with van der Waals surface area (Å²) in [6, 6.07) is 11.1. The number of aryl methyl sites for hydroxylation is 2. The lowest BCUT2D eigenvalue weighted by molar-refractivity contribution is -0.277. The lowest BCUT2D eigenvalue weighted by atomic mass is 9.99. The van der Waals surface area contributed by atoms with Crippen LogP contribution in [0.5, 0.6) is 23.0 Å². The number of aliphatic hydroxyl groups is 4. The molecule has 0 aromatic heterocycles. The minimum absolute atomic E-state index is 0.173. The summed E-state index contributed by atoms with van der Waals surface area (Å²) in [5.74, 6) is 2.34. The second kappa shape index (κ2) is 9.29. The van der Waals surface area contributed by atoms with Gasteiger partial charge in [-0.25, -0.2) is 0 Å². The molecule has 4 rings (SSSR count). The summed E-state index contributed by atoms with van der Waals surface area (Å²) in [6.07, 6.45) is -5.19. The third kappa shape index (κ3) is 4.56. The Bertz CT molecular complexity index is 901. The highest BCUT2D eigenvalue weighted by molar-refractivity contribution is 5.55. The van der Waals surface area contributed by atoms with E-state index >= 15 is 0 Å². The number of hydrogen-bond acceptors (Lipinski definition) is 9. The predicted octanol–water partition coefficient (Wildman–Crippen LogP) is 0.388. The van der Waals surface area contributed by atoms with E-state index in [2.05, 4.69) is 0 Å². The highest BCUT2D eigenvalue weighted by Gasteiger charge is 2.44. The van der Waals surface area contributed by atoms with E-state index in [4.69, 9.17) is 23.7 Å². The summed E-state index contributed by atoms with van der Waals surface area (Å²) in [5, 5.41) is 39.3. The molecule has 0 unspecified atom stereocenters. The Morgan fingerprint density at radius 2 is 1.77 bits per heavy atom. The van der Waals surface area contributed by atoms with E-state index in [1.165, 1.54) is 0 Å². The van der Waals surface area contributed by atoms with Gasteiger partial charge in [-0.1, -0.05) is 12.1 Å². The topological polar surface area (TPSA) is 127 Å². The molecule has 4 N–H and O–H groups in total. The fraction of sp³-hybridized carbons (Fsp3) is 0.455. The van der Waals surface area contributed by atoms with Crippen LogP contribution in [0.25, 0.3) is 0 Å². The van der Waals surface area contributed by atoms with E-state index in [1.54, 1.807) is 13.2 Å². The Labute approximate surface area is 179 Å². The summed E-state index contributed by atoms with van der Waals surface area (Å²) in [5.41, 5.74) is 2.01. The number of methoxy groups -OCH3 is 1. The summed E-state index contributed by atoms with van der Waals surface area (Å²) in [7, 11) is 1.58. The SMILES string of the molecule is COc1cc(CCc2cccc(O[C@@H]3O[C@H](CO)[C@@H](O)[C@H](O)[C@H]3O)c2)cc2c1OCO2. The fourth-order valence-corrected chi connectivity index (χ4v) is 3.69. The standard InChI is InChI=1S/C22H26O9/c1-27-15-8-13(9-16-21(15)29-11-28-16)6-5-12-3-2-4-14(7-12)30-22-20(26)19(25)18(24)17(10-23)31-22/h2-4,7-9,17-20,22-26H,5-6,10-11H2,1H3/t17-,18-,19+,20-,22-/m1/s1. The highest BCUT2D eigenvalue weighted by Crippen LogP contribution is 2.42. The number of hydrogen-bond donors (Lipinski definition) is 4. The van der Waals surface area contributed by atoms with E-state index in [1.807, 2.05) is 30.3 Å². The number of rotatable bonds is 7. The summed E-state index contributed by atoms with van der Waals surface area (Å²) >= 11 is 0. The first-order valence-electron chi connectivity index (χ1n) is 10.0. The van der Waals surface area contributed by atoms with Crippen LogP contribution in [0.3, 0.4) is 0 Å². The van der Waals surface area contributed by atoms with Gasteiger partial charge >= 0.3 is 0 Å². The van der Waals surface area contributed by atoms with Crippen molar-refractivity contribution in [1.82, 2.24) is 0 Å². The average Bonchev–Trinajstić information content (AvgIpc) is 3.26. The molecule has 0 amide bonds. The Balaban J connectivity index is 1.42. The Morgan fingerprint density at radius 3 is 2.55 bits per heavy atom. The molecule has 2 heterocycles. The zero-order chi connectivity index (χ0) is 22.0. The van der Waals surface area contributed by atoms with Crippen LogP contribution in [0.4, 0.5) is 0 Å². The third-order valence-electron chi connectivity index (χ3n) is 5.42. The Hall–Kier alpha value is -2.56. The molecule has 2 aromatic carbocycles. The molecule has 0 spiro atoms. The van der Waals surface area contributed by atoms with E-state index < -0.39 is 37.3 Å². The van der Waals surface area contributed by atoms with E-state index in [0.717, 1.165) is 17.5 Å². The highest BCUT2D eigenvalue weighted by atomic mass is 16.7. The zero-order valence-electron chi connectivity index (χ0n) is 17.0. The summed E-state index contributed by atoms with van der Waals surface area (Å²) < 4.78 is 27.4. The van der Waals surface area contributed by atoms with Crippen LogP contribution < -0.4 is 18.9 Å². The van der Waals surface area contributed by atoms with Crippen molar-refractivity contribution in [3.8, 4) is 23.0 Å². The fourth-order valence-electron chi connectivity index (χ4n) is 3.69. The molecule has 5 atom stereocenters. The van der Waals surface area contributed by atoms with Gasteiger partial charge in [-0.15, -0.1) is 0 Å². The van der Waals surface area contributed by atoms with Gasteiger partial charge in [0.2, 0.25) is 18.8 Å². The van der Waals surface area contributed by atoms with Gasteiger partial charge < -0.3 is 44.1 Å². The smallest absolute Gasteiger partial charge is 0.231 e. The van der Waals surface area contributed by atoms with Gasteiger partial charge in [-0.3, -0.25) is 0 Å². The predicted molar refractivity (Wildman–Crippen MR) is 107 cm³/mol. The van der Waals surface area contributed by atoms with Crippen LogP contribution in [0.1, 0.15) is 11.1 Å². The molecule has 1 fully saturated rings. The largest absolute Gasteiger partial charge is 0.493 e. The minimum atomic E-state index is -1.49. The number of fused-ring (bicyclic) bond motifs is 1. The molecule has 31 heavy (non-hydrogen) atoms. The molecule has 0 bridgehead atoms. The first-order valence-corrected chi connectivity index (χ1v) is 10.0. The van der Waals surface area contributed by atoms with Gasteiger partial charge in [0.1, 0.15) is 30.2 Å². The molecule has 9 heteroatoms. The van der Waals surface area contributed by atoms with E-state index in [-0.39, 0.29) is 6.79 Å². The third-order valence-corrected chi connectivity index (χ3v) is 5.42. The van der Waals surface area contributed by atoms with E-state index in [9.17, 15) is 20.4 Å². The van der Waals surface area contributed by atoms with Crippen molar-refractivity contribution in [3.63, 3.8) is 0 Å². The molecule has 0 radical (unpaired) electrons. The normalized spacial score (nSPS) is 27.2. The van der Waals surface area contributed by atoms with Gasteiger partial charge in [0.15, 0.2) is 11.5 Å². The maximum atomic E-state index is 10.2. The first-order chi connectivity index (χ1) is 15.0. The molecule has 2 aromatic rings. The van der Waals surface area contributed by atoms with Gasteiger partial charge in [0, 0.05) is 0 Å². The average molecular weight is 434 g/mol. The second-order valence-corrected chi connectivity index (χ2v) is 7.49. The zero-order valence-corrected chi connectivity index (χ0v) is 17.0. The van der Waals surface area contributed by atoms with Gasteiger partial charge in [-0.2, -0.15) is 0 Å². The molecule has 2 aliphatic rings. The van der Waals surface area contributed by atoms with Crippen LogP contribution in [0.2, 0.25) is 0 Å². The number of aliphatic hydroxyl groups excluding tert-OH is 4. The lowest BCUT2D eigenvalue weighted by Gasteiger charge is -2.39. The Kier molecular flexibility index (Phi) is 6.49. The monoisotopic (exact) mass is 434 g/mol. The quantitative estimate of drug-likeness (QED) is 0.489. The Morgan fingerprint density at radius 1 is 0.968 bits per heavy atom. The van der Waals surface area contributed by atoms with Crippen LogP contribution >= 0.6 is 0 Å². The molecule has 1 saturated heterocycles. The van der Waals surface area contributed by atoms with Crippen molar-refractivity contribution in [2.75, 3.05) is 20.5 Å². The molecule has 168 valence electrons. The molecule has 2 aliphatic heterocycles. The van der Waals surface area contributed by atoms with Crippen LogP contribution in [0, 0.1) is 0 Å². The summed E-state index contributed by atoms with van der Waals surface area (Å²) in [6.45, 7) is -0.337. The van der Waals surface area contributed by atoms with Crippen molar-refractivity contribution in [2.24, 2.45) is 0 Å². The second-order valence-electron chi connectivity index (χ2n) is 7.49. The maximum absolute atomic E-state index is 10.2. The summed E-state index contributed by atoms with van der Waals surface area (Å²) in [4.78, 5) is 0. The van der Waals surface area contributed by atoms with Gasteiger partial charge in [-0.05, 0) is 48.2 Å². The first kappa shape index (κ1) is 21.7. The maximum Gasteiger partial charge on any atom is 0.231 e. The van der Waals surface area contributed by atoms with Crippen molar-refractivity contribution < 1.29 is 44.1 Å². The molecular weight excluding hydrogens is 408 g/mol. The number of benzene rings is 2. The van der Waals surface area contributed by atoms with Gasteiger partial charge in [0.25, 0.3) is 0 Å². The minimum Gasteiger partial charge on any atom is -0.493 e. The molecule has 0 saturated carbocycles. The van der Waals surface area contributed by atoms with Crippen LogP contribution in [-0.4, -0.2) is 71.6 Å². The van der Waals surface area contributed by atoms with Gasteiger partial charge in [0.05, 0.1) is 13.7 Å². The molecule has 9 nitrogen and oxygen atoms in total. The van der Waals surface area contributed by atoms with E-state index in [0.29, 0.717) is 29.4 Å². The van der Waals surface area contributed by atoms with Crippen LogP contribution in [0.15, 0.2) is 36.4 Å². The lowest BCUT2D eigenvalue weighted by Crippen LogP contribution is -2.60. The van der Waals surface area contributed by atoms with Crippen LogP contribution in [-0.2, 0) is 17.6 Å². The van der Waals surface area contributed by atoms with Crippen molar-refractivity contribution >= 4 is 0 Å². The van der Waals surface area contributed by atoms with Crippen molar-refractivity contribution in [2.45, 2.75) is 43.5 Å². The van der Waals surface area contributed by atoms with Crippen molar-refractivity contribution in [3.05, 3.63) is 47.5 Å². The molecular formula is C22H26O9. The molecule has 0 aliphatic carbocycles. The number of ether oxygens (including phenoxy) is 5.